The standard InChI is InChI=1S/C15H11BrN2O/c16-12-8-6-10(7-9-12)13-14(19-18-15(13)17)11-4-2-1-3-5-11/h1-9H,(H2,17,18). The quantitative estimate of drug-likeness (QED) is 0.765. The third-order valence-corrected chi connectivity index (χ3v) is 3.42. The summed E-state index contributed by atoms with van der Waals surface area (Å²) in [6, 6.07) is 17.7. The van der Waals surface area contributed by atoms with Crippen molar-refractivity contribution in [1.29, 1.82) is 0 Å². The van der Waals surface area contributed by atoms with Gasteiger partial charge >= 0.3 is 0 Å². The maximum Gasteiger partial charge on any atom is 0.176 e. The van der Waals surface area contributed by atoms with Gasteiger partial charge in [-0.2, -0.15) is 0 Å². The Morgan fingerprint density at radius 2 is 1.58 bits per heavy atom. The number of nitrogens with zero attached hydrogens (tertiary/aromatic N) is 1. The monoisotopic (exact) mass is 314 g/mol. The predicted molar refractivity (Wildman–Crippen MR) is 79.5 cm³/mol. The molecule has 94 valence electrons. The summed E-state index contributed by atoms with van der Waals surface area (Å²) in [5.41, 5.74) is 8.71. The molecule has 0 atom stereocenters. The van der Waals surface area contributed by atoms with Crippen LogP contribution in [0.3, 0.4) is 0 Å². The first-order valence-corrected chi connectivity index (χ1v) is 6.61. The molecule has 3 rings (SSSR count). The van der Waals surface area contributed by atoms with Crippen LogP contribution >= 0.6 is 15.9 Å². The van der Waals surface area contributed by atoms with Crippen LogP contribution in [0.5, 0.6) is 0 Å². The molecule has 0 aliphatic carbocycles. The van der Waals surface area contributed by atoms with Crippen LogP contribution in [0.15, 0.2) is 63.6 Å². The number of nitrogens with two attached hydrogens (primary N) is 1. The number of rotatable bonds is 2. The fourth-order valence-corrected chi connectivity index (χ4v) is 2.25. The van der Waals surface area contributed by atoms with Crippen molar-refractivity contribution < 1.29 is 4.52 Å². The second-order valence-electron chi connectivity index (χ2n) is 4.14. The smallest absolute Gasteiger partial charge is 0.176 e. The van der Waals surface area contributed by atoms with E-state index in [0.29, 0.717) is 11.6 Å². The van der Waals surface area contributed by atoms with Crippen molar-refractivity contribution >= 4 is 21.7 Å². The van der Waals surface area contributed by atoms with Gasteiger partial charge in [-0.05, 0) is 17.7 Å². The number of hydrogen-bond donors (Lipinski definition) is 1. The molecule has 0 saturated carbocycles. The van der Waals surface area contributed by atoms with E-state index in [0.717, 1.165) is 21.2 Å². The third-order valence-electron chi connectivity index (χ3n) is 2.89. The van der Waals surface area contributed by atoms with Crippen molar-refractivity contribution in [2.24, 2.45) is 0 Å². The zero-order valence-corrected chi connectivity index (χ0v) is 11.6. The first-order valence-electron chi connectivity index (χ1n) is 5.82. The predicted octanol–water partition coefficient (Wildman–Crippen LogP) is 4.35. The van der Waals surface area contributed by atoms with E-state index in [1.54, 1.807) is 0 Å². The second kappa shape index (κ2) is 4.90. The minimum Gasteiger partial charge on any atom is -0.380 e. The molecular formula is C15H11BrN2O. The molecule has 3 nitrogen and oxygen atoms in total. The summed E-state index contributed by atoms with van der Waals surface area (Å²) in [6.45, 7) is 0. The maximum atomic E-state index is 5.93. The third kappa shape index (κ3) is 2.27. The van der Waals surface area contributed by atoms with Gasteiger partial charge in [0.15, 0.2) is 11.6 Å². The Labute approximate surface area is 119 Å². The van der Waals surface area contributed by atoms with Gasteiger partial charge in [-0.25, -0.2) is 0 Å². The molecule has 0 bridgehead atoms. The average Bonchev–Trinajstić information content (AvgIpc) is 2.83. The maximum absolute atomic E-state index is 5.93. The van der Waals surface area contributed by atoms with E-state index in [2.05, 4.69) is 21.1 Å². The largest absolute Gasteiger partial charge is 0.380 e. The Hall–Kier alpha value is -2.07. The van der Waals surface area contributed by atoms with Crippen LogP contribution in [0.2, 0.25) is 0 Å². The SMILES string of the molecule is Nc1noc(-c2ccccc2)c1-c1ccc(Br)cc1. The number of nitrogen functional groups attached to an aromatic ring is 1. The van der Waals surface area contributed by atoms with Gasteiger partial charge in [-0.15, -0.1) is 0 Å². The molecular weight excluding hydrogens is 304 g/mol. The Bertz CT molecular complexity index is 690. The van der Waals surface area contributed by atoms with Gasteiger partial charge in [-0.3, -0.25) is 0 Å². The minimum atomic E-state index is 0.404. The first kappa shape index (κ1) is 12.0. The lowest BCUT2D eigenvalue weighted by Crippen LogP contribution is -1.88. The van der Waals surface area contributed by atoms with Crippen LogP contribution in [0.4, 0.5) is 5.82 Å². The van der Waals surface area contributed by atoms with E-state index < -0.39 is 0 Å². The Morgan fingerprint density at radius 1 is 0.895 bits per heavy atom. The highest BCUT2D eigenvalue weighted by Crippen LogP contribution is 2.36. The molecule has 0 aliphatic heterocycles. The fourth-order valence-electron chi connectivity index (χ4n) is 1.98. The van der Waals surface area contributed by atoms with E-state index in [1.165, 1.54) is 0 Å². The number of halogens is 1. The normalized spacial score (nSPS) is 10.6. The van der Waals surface area contributed by atoms with Crippen molar-refractivity contribution in [1.82, 2.24) is 5.16 Å². The molecule has 0 unspecified atom stereocenters. The molecule has 2 N–H and O–H groups in total. The highest BCUT2D eigenvalue weighted by Gasteiger charge is 2.17. The van der Waals surface area contributed by atoms with Gasteiger partial charge in [-0.1, -0.05) is 63.6 Å². The van der Waals surface area contributed by atoms with E-state index in [9.17, 15) is 0 Å². The molecule has 1 heterocycles. The molecule has 0 fully saturated rings. The van der Waals surface area contributed by atoms with E-state index in [-0.39, 0.29) is 0 Å². The molecule has 1 aromatic heterocycles. The van der Waals surface area contributed by atoms with Crippen LogP contribution in [-0.4, -0.2) is 5.16 Å². The zero-order chi connectivity index (χ0) is 13.2. The molecule has 2 aromatic carbocycles. The molecule has 0 aliphatic rings. The Balaban J connectivity index is 2.17. The van der Waals surface area contributed by atoms with Gasteiger partial charge in [0.05, 0.1) is 5.56 Å². The number of anilines is 1. The average molecular weight is 315 g/mol. The lowest BCUT2D eigenvalue weighted by atomic mass is 10.0. The van der Waals surface area contributed by atoms with Gasteiger partial charge in [0.2, 0.25) is 0 Å². The molecule has 0 spiro atoms. The molecule has 0 amide bonds. The van der Waals surface area contributed by atoms with Crippen LogP contribution in [0.1, 0.15) is 0 Å². The van der Waals surface area contributed by atoms with Crippen molar-refractivity contribution in [3.63, 3.8) is 0 Å². The fraction of sp³-hybridized carbons (Fsp3) is 0. The Morgan fingerprint density at radius 3 is 2.26 bits per heavy atom. The summed E-state index contributed by atoms with van der Waals surface area (Å²) >= 11 is 3.42. The van der Waals surface area contributed by atoms with Crippen molar-refractivity contribution in [3.05, 3.63) is 59.1 Å². The van der Waals surface area contributed by atoms with E-state index in [1.807, 2.05) is 54.6 Å². The van der Waals surface area contributed by atoms with E-state index >= 15 is 0 Å². The zero-order valence-electron chi connectivity index (χ0n) is 10.0. The first-order chi connectivity index (χ1) is 9.25. The minimum absolute atomic E-state index is 0.404. The molecule has 0 radical (unpaired) electrons. The molecule has 0 saturated heterocycles. The van der Waals surface area contributed by atoms with E-state index in [4.69, 9.17) is 10.3 Å². The van der Waals surface area contributed by atoms with Gasteiger partial charge in [0.25, 0.3) is 0 Å². The topological polar surface area (TPSA) is 52.0 Å². The lowest BCUT2D eigenvalue weighted by Gasteiger charge is -2.03. The lowest BCUT2D eigenvalue weighted by molar-refractivity contribution is 0.436. The Kier molecular flexibility index (Phi) is 3.09. The van der Waals surface area contributed by atoms with Crippen molar-refractivity contribution in [2.45, 2.75) is 0 Å². The van der Waals surface area contributed by atoms with Crippen LogP contribution in [-0.2, 0) is 0 Å². The van der Waals surface area contributed by atoms with Crippen molar-refractivity contribution in [3.8, 4) is 22.5 Å². The summed E-state index contributed by atoms with van der Waals surface area (Å²) in [6.07, 6.45) is 0. The number of benzene rings is 2. The highest BCUT2D eigenvalue weighted by atomic mass is 79.9. The molecule has 4 heteroatoms. The summed E-state index contributed by atoms with van der Waals surface area (Å²) in [4.78, 5) is 0. The molecule has 19 heavy (non-hydrogen) atoms. The van der Waals surface area contributed by atoms with Crippen LogP contribution < -0.4 is 5.73 Å². The van der Waals surface area contributed by atoms with Gasteiger partial charge < -0.3 is 10.3 Å². The van der Waals surface area contributed by atoms with Gasteiger partial charge in [0.1, 0.15) is 0 Å². The van der Waals surface area contributed by atoms with Crippen LogP contribution in [0.25, 0.3) is 22.5 Å². The summed E-state index contributed by atoms with van der Waals surface area (Å²) in [5, 5.41) is 3.88. The van der Waals surface area contributed by atoms with Gasteiger partial charge in [0, 0.05) is 10.0 Å². The highest BCUT2D eigenvalue weighted by molar-refractivity contribution is 9.10. The second-order valence-corrected chi connectivity index (χ2v) is 5.06. The molecule has 3 aromatic rings. The summed E-state index contributed by atoms with van der Waals surface area (Å²) < 4.78 is 6.40. The summed E-state index contributed by atoms with van der Waals surface area (Å²) in [7, 11) is 0. The van der Waals surface area contributed by atoms with Crippen molar-refractivity contribution in [2.75, 3.05) is 5.73 Å². The number of hydrogen-bond acceptors (Lipinski definition) is 3. The number of aromatic nitrogens is 1. The summed E-state index contributed by atoms with van der Waals surface area (Å²) in [5.74, 6) is 1.10. The van der Waals surface area contributed by atoms with Crippen LogP contribution in [0, 0.1) is 0 Å².